The van der Waals surface area contributed by atoms with Crippen molar-refractivity contribution in [2.75, 3.05) is 19.6 Å². The Labute approximate surface area is 103 Å². The second-order valence-electron chi connectivity index (χ2n) is 4.33. The summed E-state index contributed by atoms with van der Waals surface area (Å²) >= 11 is 3.48. The monoisotopic (exact) mass is 280 g/mol. The first-order valence-corrected chi connectivity index (χ1v) is 6.36. The van der Waals surface area contributed by atoms with E-state index in [1.54, 1.807) is 0 Å². The molecule has 1 N–H and O–H groups in total. The van der Waals surface area contributed by atoms with E-state index in [4.69, 9.17) is 0 Å². The van der Waals surface area contributed by atoms with E-state index < -0.39 is 0 Å². The van der Waals surface area contributed by atoms with Crippen LogP contribution in [0, 0.1) is 0 Å². The molecule has 16 heavy (non-hydrogen) atoms. The predicted molar refractivity (Wildman–Crippen MR) is 65.5 cm³/mol. The molecule has 2 heterocycles. The SMILES string of the molecule is O=C1c2c(Br)cccc2C[C@@H]2CNCCN12. The van der Waals surface area contributed by atoms with Crippen LogP contribution in [0.1, 0.15) is 15.9 Å². The smallest absolute Gasteiger partial charge is 0.255 e. The fourth-order valence-corrected chi connectivity index (χ4v) is 3.16. The molecule has 1 amide bonds. The van der Waals surface area contributed by atoms with E-state index in [9.17, 15) is 4.79 Å². The van der Waals surface area contributed by atoms with Gasteiger partial charge in [-0.05, 0) is 34.0 Å². The van der Waals surface area contributed by atoms with Gasteiger partial charge in [0.15, 0.2) is 0 Å². The highest BCUT2D eigenvalue weighted by molar-refractivity contribution is 9.10. The number of halogens is 1. The molecule has 0 saturated carbocycles. The van der Waals surface area contributed by atoms with Gasteiger partial charge in [0.25, 0.3) is 5.91 Å². The zero-order chi connectivity index (χ0) is 11.1. The predicted octanol–water partition coefficient (Wildman–Crippen LogP) is 1.42. The van der Waals surface area contributed by atoms with Gasteiger partial charge in [0.2, 0.25) is 0 Å². The van der Waals surface area contributed by atoms with Gasteiger partial charge in [-0.2, -0.15) is 0 Å². The summed E-state index contributed by atoms with van der Waals surface area (Å²) in [6.07, 6.45) is 0.966. The molecule has 1 aromatic carbocycles. The maximum absolute atomic E-state index is 12.3. The maximum atomic E-state index is 12.3. The third-order valence-corrected chi connectivity index (χ3v) is 4.04. The summed E-state index contributed by atoms with van der Waals surface area (Å²) in [5.41, 5.74) is 2.03. The van der Waals surface area contributed by atoms with E-state index >= 15 is 0 Å². The number of benzene rings is 1. The van der Waals surface area contributed by atoms with Crippen LogP contribution in [0.5, 0.6) is 0 Å². The van der Waals surface area contributed by atoms with Crippen molar-refractivity contribution in [3.63, 3.8) is 0 Å². The standard InChI is InChI=1S/C12H13BrN2O/c13-10-3-1-2-8-6-9-7-14-4-5-15(9)12(16)11(8)10/h1-3,9,14H,4-7H2/t9-/m1/s1. The molecule has 0 aromatic heterocycles. The Morgan fingerprint density at radius 3 is 3.19 bits per heavy atom. The van der Waals surface area contributed by atoms with Crippen molar-refractivity contribution in [1.82, 2.24) is 10.2 Å². The fourth-order valence-electron chi connectivity index (χ4n) is 2.59. The summed E-state index contributed by atoms with van der Waals surface area (Å²) in [5.74, 6) is 0.181. The molecule has 1 saturated heterocycles. The maximum Gasteiger partial charge on any atom is 0.255 e. The molecule has 3 rings (SSSR count). The summed E-state index contributed by atoms with van der Waals surface area (Å²) in [6.45, 7) is 2.64. The van der Waals surface area contributed by atoms with Crippen molar-refractivity contribution in [2.24, 2.45) is 0 Å². The summed E-state index contributed by atoms with van der Waals surface area (Å²) in [7, 11) is 0. The molecule has 0 bridgehead atoms. The largest absolute Gasteiger partial charge is 0.333 e. The topological polar surface area (TPSA) is 32.3 Å². The van der Waals surface area contributed by atoms with Crippen LogP contribution in [-0.2, 0) is 6.42 Å². The third-order valence-electron chi connectivity index (χ3n) is 3.38. The van der Waals surface area contributed by atoms with Crippen LogP contribution in [0.3, 0.4) is 0 Å². The molecular weight excluding hydrogens is 268 g/mol. The second-order valence-corrected chi connectivity index (χ2v) is 5.19. The van der Waals surface area contributed by atoms with Crippen LogP contribution in [0.2, 0.25) is 0 Å². The Hall–Kier alpha value is -0.870. The van der Waals surface area contributed by atoms with E-state index in [1.165, 1.54) is 5.56 Å². The molecule has 0 unspecified atom stereocenters. The minimum atomic E-state index is 0.181. The lowest BCUT2D eigenvalue weighted by Gasteiger charge is -2.40. The first kappa shape index (κ1) is 10.3. The van der Waals surface area contributed by atoms with Gasteiger partial charge in [-0.25, -0.2) is 0 Å². The summed E-state index contributed by atoms with van der Waals surface area (Å²) in [5, 5.41) is 3.34. The lowest BCUT2D eigenvalue weighted by Crippen LogP contribution is -2.56. The summed E-state index contributed by atoms with van der Waals surface area (Å²) < 4.78 is 0.923. The van der Waals surface area contributed by atoms with Crippen LogP contribution in [0.25, 0.3) is 0 Å². The molecular formula is C12H13BrN2O. The highest BCUT2D eigenvalue weighted by atomic mass is 79.9. The first-order chi connectivity index (χ1) is 7.77. The van der Waals surface area contributed by atoms with Gasteiger partial charge in [0, 0.05) is 30.1 Å². The summed E-state index contributed by atoms with van der Waals surface area (Å²) in [6, 6.07) is 6.34. The van der Waals surface area contributed by atoms with Crippen molar-refractivity contribution in [3.05, 3.63) is 33.8 Å². The van der Waals surface area contributed by atoms with Crippen molar-refractivity contribution < 1.29 is 4.79 Å². The van der Waals surface area contributed by atoms with E-state index in [0.717, 1.165) is 36.1 Å². The van der Waals surface area contributed by atoms with Gasteiger partial charge in [0.1, 0.15) is 0 Å². The average molecular weight is 281 g/mol. The van der Waals surface area contributed by atoms with Crippen molar-refractivity contribution in [2.45, 2.75) is 12.5 Å². The molecule has 1 fully saturated rings. The molecule has 84 valence electrons. The number of hydrogen-bond acceptors (Lipinski definition) is 2. The van der Waals surface area contributed by atoms with Crippen LogP contribution in [0.4, 0.5) is 0 Å². The molecule has 4 heteroatoms. The molecule has 2 aliphatic heterocycles. The Bertz CT molecular complexity index is 447. The van der Waals surface area contributed by atoms with Crippen LogP contribution < -0.4 is 5.32 Å². The van der Waals surface area contributed by atoms with Gasteiger partial charge in [0.05, 0.1) is 5.56 Å². The number of carbonyl (C=O) groups is 1. The highest BCUT2D eigenvalue weighted by Crippen LogP contribution is 2.29. The molecule has 3 nitrogen and oxygen atoms in total. The zero-order valence-corrected chi connectivity index (χ0v) is 10.5. The van der Waals surface area contributed by atoms with Crippen molar-refractivity contribution in [1.29, 1.82) is 0 Å². The Balaban J connectivity index is 2.07. The van der Waals surface area contributed by atoms with Crippen LogP contribution in [-0.4, -0.2) is 36.5 Å². The number of piperazine rings is 1. The fraction of sp³-hybridized carbons (Fsp3) is 0.417. The molecule has 0 radical (unpaired) electrons. The Morgan fingerprint density at radius 2 is 2.31 bits per heavy atom. The Kier molecular flexibility index (Phi) is 2.48. The number of hydrogen-bond donors (Lipinski definition) is 1. The minimum absolute atomic E-state index is 0.181. The second kappa shape index (κ2) is 3.86. The van der Waals surface area contributed by atoms with E-state index in [0.29, 0.717) is 6.04 Å². The number of rotatable bonds is 0. The zero-order valence-electron chi connectivity index (χ0n) is 8.87. The number of nitrogens with zero attached hydrogens (tertiary/aromatic N) is 1. The highest BCUT2D eigenvalue weighted by Gasteiger charge is 2.34. The van der Waals surface area contributed by atoms with Crippen LogP contribution >= 0.6 is 15.9 Å². The number of fused-ring (bicyclic) bond motifs is 2. The van der Waals surface area contributed by atoms with Gasteiger partial charge in [-0.1, -0.05) is 12.1 Å². The quantitative estimate of drug-likeness (QED) is 0.780. The minimum Gasteiger partial charge on any atom is -0.333 e. The molecule has 1 aromatic rings. The number of amides is 1. The number of carbonyl (C=O) groups excluding carboxylic acids is 1. The molecule has 0 spiro atoms. The summed E-state index contributed by atoms with van der Waals surface area (Å²) in [4.78, 5) is 14.3. The van der Waals surface area contributed by atoms with Crippen molar-refractivity contribution in [3.8, 4) is 0 Å². The van der Waals surface area contributed by atoms with Crippen LogP contribution in [0.15, 0.2) is 22.7 Å². The van der Waals surface area contributed by atoms with E-state index in [2.05, 4.69) is 27.3 Å². The third kappa shape index (κ3) is 1.48. The van der Waals surface area contributed by atoms with E-state index in [1.807, 2.05) is 17.0 Å². The van der Waals surface area contributed by atoms with Gasteiger partial charge >= 0.3 is 0 Å². The van der Waals surface area contributed by atoms with Crippen molar-refractivity contribution >= 4 is 21.8 Å². The van der Waals surface area contributed by atoms with Gasteiger partial charge in [-0.3, -0.25) is 4.79 Å². The lowest BCUT2D eigenvalue weighted by molar-refractivity contribution is 0.0605. The lowest BCUT2D eigenvalue weighted by atomic mass is 9.92. The normalized spacial score (nSPS) is 23.9. The molecule has 2 aliphatic rings. The molecule has 1 atom stereocenters. The van der Waals surface area contributed by atoms with Gasteiger partial charge < -0.3 is 10.2 Å². The average Bonchev–Trinajstić information content (AvgIpc) is 2.29. The van der Waals surface area contributed by atoms with E-state index in [-0.39, 0.29) is 5.91 Å². The molecule has 0 aliphatic carbocycles. The first-order valence-electron chi connectivity index (χ1n) is 5.56. The Morgan fingerprint density at radius 1 is 1.44 bits per heavy atom. The number of nitrogens with one attached hydrogen (secondary N) is 1. The van der Waals surface area contributed by atoms with Gasteiger partial charge in [-0.15, -0.1) is 0 Å².